The maximum Gasteiger partial charge on any atom is 0.0860 e. The second kappa shape index (κ2) is 6.53. The first-order valence-corrected chi connectivity index (χ1v) is 4.80. The van der Waals surface area contributed by atoms with E-state index in [1.54, 1.807) is 10.9 Å². The fourth-order valence-electron chi connectivity index (χ4n) is 1.16. The Morgan fingerprint density at radius 1 is 1.50 bits per heavy atom. The largest absolute Gasteiger partial charge is 0.396 e. The Kier molecular flexibility index (Phi) is 5.21. The lowest BCUT2D eigenvalue weighted by molar-refractivity contribution is 0.146. The number of aliphatic hydroxyl groups is 2. The van der Waals surface area contributed by atoms with Crippen molar-refractivity contribution >= 4 is 0 Å². The molecule has 0 saturated carbocycles. The van der Waals surface area contributed by atoms with Gasteiger partial charge in [-0.1, -0.05) is 0 Å². The van der Waals surface area contributed by atoms with Crippen LogP contribution in [0.3, 0.4) is 0 Å². The van der Waals surface area contributed by atoms with Gasteiger partial charge in [-0.25, -0.2) is 0 Å². The molecule has 0 spiro atoms. The third-order valence-corrected chi connectivity index (χ3v) is 1.85. The van der Waals surface area contributed by atoms with Crippen LogP contribution in [0.15, 0.2) is 18.5 Å². The average molecular weight is 199 g/mol. The number of hydrogen-bond acceptors (Lipinski definition) is 4. The maximum atomic E-state index is 9.53. The predicted molar refractivity (Wildman–Crippen MR) is 52.8 cm³/mol. The summed E-state index contributed by atoms with van der Waals surface area (Å²) in [5, 5.41) is 25.1. The van der Waals surface area contributed by atoms with Gasteiger partial charge in [0.2, 0.25) is 0 Å². The average Bonchev–Trinajstić information content (AvgIpc) is 2.65. The first-order chi connectivity index (χ1) is 6.83. The van der Waals surface area contributed by atoms with E-state index in [1.807, 2.05) is 12.3 Å². The van der Waals surface area contributed by atoms with Crippen molar-refractivity contribution in [2.24, 2.45) is 0 Å². The van der Waals surface area contributed by atoms with Crippen molar-refractivity contribution in [2.75, 3.05) is 19.7 Å². The molecule has 0 aliphatic rings. The van der Waals surface area contributed by atoms with Crippen molar-refractivity contribution in [3.63, 3.8) is 0 Å². The summed E-state index contributed by atoms with van der Waals surface area (Å²) in [6.45, 7) is 1.94. The molecule has 1 heterocycles. The molecule has 5 heteroatoms. The maximum absolute atomic E-state index is 9.53. The lowest BCUT2D eigenvalue weighted by Gasteiger charge is -2.11. The highest BCUT2D eigenvalue weighted by molar-refractivity contribution is 4.78. The van der Waals surface area contributed by atoms with E-state index in [9.17, 15) is 5.11 Å². The van der Waals surface area contributed by atoms with Gasteiger partial charge in [0, 0.05) is 25.5 Å². The van der Waals surface area contributed by atoms with Crippen LogP contribution in [-0.2, 0) is 6.54 Å². The molecule has 5 nitrogen and oxygen atoms in total. The summed E-state index contributed by atoms with van der Waals surface area (Å²) >= 11 is 0. The Morgan fingerprint density at radius 2 is 2.36 bits per heavy atom. The second-order valence-electron chi connectivity index (χ2n) is 3.16. The number of hydrogen-bond donors (Lipinski definition) is 3. The number of aliphatic hydroxyl groups excluding tert-OH is 2. The minimum atomic E-state index is -0.436. The van der Waals surface area contributed by atoms with Crippen molar-refractivity contribution in [1.82, 2.24) is 15.1 Å². The van der Waals surface area contributed by atoms with E-state index in [0.717, 1.165) is 6.54 Å². The zero-order valence-corrected chi connectivity index (χ0v) is 8.13. The summed E-state index contributed by atoms with van der Waals surface area (Å²) in [5.41, 5.74) is 0. The molecule has 0 aliphatic carbocycles. The minimum Gasteiger partial charge on any atom is -0.396 e. The first kappa shape index (κ1) is 11.2. The highest BCUT2D eigenvalue weighted by atomic mass is 16.3. The molecule has 0 radical (unpaired) electrons. The van der Waals surface area contributed by atoms with E-state index in [4.69, 9.17) is 5.11 Å². The fourth-order valence-corrected chi connectivity index (χ4v) is 1.16. The quantitative estimate of drug-likeness (QED) is 0.504. The molecule has 0 aromatic carbocycles. The molecular formula is C9H17N3O2. The first-order valence-electron chi connectivity index (χ1n) is 4.80. The zero-order valence-electron chi connectivity index (χ0n) is 8.13. The SMILES string of the molecule is OCCCNCC(O)Cn1cccn1. The van der Waals surface area contributed by atoms with E-state index >= 15 is 0 Å². The van der Waals surface area contributed by atoms with Crippen LogP contribution >= 0.6 is 0 Å². The van der Waals surface area contributed by atoms with Crippen molar-refractivity contribution < 1.29 is 10.2 Å². The van der Waals surface area contributed by atoms with E-state index < -0.39 is 6.10 Å². The molecule has 0 saturated heterocycles. The number of aromatic nitrogens is 2. The molecular weight excluding hydrogens is 182 g/mol. The summed E-state index contributed by atoms with van der Waals surface area (Å²) in [6, 6.07) is 1.83. The van der Waals surface area contributed by atoms with Crippen LogP contribution in [0.2, 0.25) is 0 Å². The molecule has 1 aromatic rings. The van der Waals surface area contributed by atoms with Gasteiger partial charge in [-0.2, -0.15) is 5.10 Å². The van der Waals surface area contributed by atoms with Crippen LogP contribution in [0.25, 0.3) is 0 Å². The van der Waals surface area contributed by atoms with E-state index in [2.05, 4.69) is 10.4 Å². The molecule has 0 fully saturated rings. The van der Waals surface area contributed by atoms with Crippen LogP contribution in [0.5, 0.6) is 0 Å². The van der Waals surface area contributed by atoms with Gasteiger partial charge >= 0.3 is 0 Å². The van der Waals surface area contributed by atoms with E-state index in [1.165, 1.54) is 0 Å². The third kappa shape index (κ3) is 4.36. The van der Waals surface area contributed by atoms with Crippen LogP contribution in [0.4, 0.5) is 0 Å². The summed E-state index contributed by atoms with van der Waals surface area (Å²) in [7, 11) is 0. The number of nitrogens with one attached hydrogen (secondary N) is 1. The van der Waals surface area contributed by atoms with Gasteiger partial charge in [-0.05, 0) is 19.0 Å². The van der Waals surface area contributed by atoms with E-state index in [0.29, 0.717) is 19.5 Å². The molecule has 0 bridgehead atoms. The molecule has 0 amide bonds. The smallest absolute Gasteiger partial charge is 0.0860 e. The molecule has 0 aliphatic heterocycles. The van der Waals surface area contributed by atoms with Crippen LogP contribution in [0, 0.1) is 0 Å². The lowest BCUT2D eigenvalue weighted by Crippen LogP contribution is -2.31. The fraction of sp³-hybridized carbons (Fsp3) is 0.667. The van der Waals surface area contributed by atoms with Gasteiger partial charge in [0.15, 0.2) is 0 Å². The number of nitrogens with zero attached hydrogens (tertiary/aromatic N) is 2. The Morgan fingerprint density at radius 3 is 3.00 bits per heavy atom. The van der Waals surface area contributed by atoms with Gasteiger partial charge in [-0.15, -0.1) is 0 Å². The van der Waals surface area contributed by atoms with Gasteiger partial charge < -0.3 is 15.5 Å². The third-order valence-electron chi connectivity index (χ3n) is 1.85. The standard InChI is InChI=1S/C9H17N3O2/c13-6-2-3-10-7-9(14)8-12-5-1-4-11-12/h1,4-5,9-10,13-14H,2-3,6-8H2. The van der Waals surface area contributed by atoms with Crippen molar-refractivity contribution in [3.05, 3.63) is 18.5 Å². The predicted octanol–water partition coefficient (Wildman–Crippen LogP) is -0.784. The monoisotopic (exact) mass is 199 g/mol. The molecule has 1 rings (SSSR count). The van der Waals surface area contributed by atoms with Crippen LogP contribution < -0.4 is 5.32 Å². The summed E-state index contributed by atoms with van der Waals surface area (Å²) in [5.74, 6) is 0. The van der Waals surface area contributed by atoms with Crippen molar-refractivity contribution in [1.29, 1.82) is 0 Å². The normalized spacial score (nSPS) is 13.0. The Labute approximate surface area is 83.4 Å². The zero-order chi connectivity index (χ0) is 10.2. The van der Waals surface area contributed by atoms with Gasteiger partial charge in [-0.3, -0.25) is 4.68 Å². The topological polar surface area (TPSA) is 70.3 Å². The molecule has 1 unspecified atom stereocenters. The van der Waals surface area contributed by atoms with Crippen molar-refractivity contribution in [2.45, 2.75) is 19.1 Å². The molecule has 3 N–H and O–H groups in total. The van der Waals surface area contributed by atoms with Crippen molar-refractivity contribution in [3.8, 4) is 0 Å². The van der Waals surface area contributed by atoms with Gasteiger partial charge in [0.1, 0.15) is 0 Å². The Bertz CT molecular complexity index is 226. The van der Waals surface area contributed by atoms with E-state index in [-0.39, 0.29) is 6.61 Å². The molecule has 1 atom stereocenters. The molecule has 1 aromatic heterocycles. The molecule has 80 valence electrons. The lowest BCUT2D eigenvalue weighted by atomic mass is 10.3. The highest BCUT2D eigenvalue weighted by Gasteiger charge is 2.03. The van der Waals surface area contributed by atoms with Gasteiger partial charge in [0.25, 0.3) is 0 Å². The highest BCUT2D eigenvalue weighted by Crippen LogP contribution is 1.89. The number of rotatable bonds is 7. The van der Waals surface area contributed by atoms with Crippen LogP contribution in [-0.4, -0.2) is 45.8 Å². The van der Waals surface area contributed by atoms with Gasteiger partial charge in [0.05, 0.1) is 12.6 Å². The summed E-state index contributed by atoms with van der Waals surface area (Å²) < 4.78 is 1.69. The second-order valence-corrected chi connectivity index (χ2v) is 3.16. The molecule has 14 heavy (non-hydrogen) atoms. The van der Waals surface area contributed by atoms with Crippen LogP contribution in [0.1, 0.15) is 6.42 Å². The summed E-state index contributed by atoms with van der Waals surface area (Å²) in [4.78, 5) is 0. The summed E-state index contributed by atoms with van der Waals surface area (Å²) in [6.07, 6.45) is 3.78. The minimum absolute atomic E-state index is 0.183. The Hall–Kier alpha value is -0.910. The Balaban J connectivity index is 2.07.